The van der Waals surface area contributed by atoms with E-state index in [0.29, 0.717) is 18.1 Å². The second kappa shape index (κ2) is 8.10. The zero-order valence-electron chi connectivity index (χ0n) is 11.6. The lowest BCUT2D eigenvalue weighted by Crippen LogP contribution is -2.41. The molecule has 3 unspecified atom stereocenters. The standard InChI is InChI=1S/C14H28N2O2/c1-2-6-16-14-11-17-10-12(14)9-15-7-5-13-4-3-8-18-13/h12-16H,2-11H2,1H3. The molecule has 18 heavy (non-hydrogen) atoms. The van der Waals surface area contributed by atoms with Gasteiger partial charge >= 0.3 is 0 Å². The van der Waals surface area contributed by atoms with E-state index in [-0.39, 0.29) is 0 Å². The zero-order valence-corrected chi connectivity index (χ0v) is 11.6. The molecule has 106 valence electrons. The van der Waals surface area contributed by atoms with Crippen LogP contribution in [0.4, 0.5) is 0 Å². The molecule has 2 rings (SSSR count). The minimum Gasteiger partial charge on any atom is -0.379 e. The first-order valence-corrected chi connectivity index (χ1v) is 7.53. The van der Waals surface area contributed by atoms with Crippen molar-refractivity contribution in [3.8, 4) is 0 Å². The van der Waals surface area contributed by atoms with Gasteiger partial charge in [0.25, 0.3) is 0 Å². The Morgan fingerprint density at radius 3 is 2.94 bits per heavy atom. The van der Waals surface area contributed by atoms with Gasteiger partial charge in [0, 0.05) is 25.1 Å². The second-order valence-electron chi connectivity index (χ2n) is 5.49. The van der Waals surface area contributed by atoms with Gasteiger partial charge in [-0.1, -0.05) is 6.92 Å². The van der Waals surface area contributed by atoms with Crippen LogP contribution >= 0.6 is 0 Å². The van der Waals surface area contributed by atoms with Crippen LogP contribution in [0.5, 0.6) is 0 Å². The summed E-state index contributed by atoms with van der Waals surface area (Å²) < 4.78 is 11.2. The summed E-state index contributed by atoms with van der Waals surface area (Å²) in [5.74, 6) is 0.626. The number of ether oxygens (including phenoxy) is 2. The largest absolute Gasteiger partial charge is 0.379 e. The van der Waals surface area contributed by atoms with Gasteiger partial charge in [0.2, 0.25) is 0 Å². The molecule has 0 aromatic rings. The average Bonchev–Trinajstić information content (AvgIpc) is 3.03. The molecule has 4 nitrogen and oxygen atoms in total. The maximum Gasteiger partial charge on any atom is 0.0623 e. The van der Waals surface area contributed by atoms with E-state index in [1.807, 2.05) is 0 Å². The van der Waals surface area contributed by atoms with Crippen LogP contribution < -0.4 is 10.6 Å². The van der Waals surface area contributed by atoms with Crippen molar-refractivity contribution in [1.82, 2.24) is 10.6 Å². The van der Waals surface area contributed by atoms with Crippen molar-refractivity contribution in [3.63, 3.8) is 0 Å². The first kappa shape index (κ1) is 14.3. The predicted molar refractivity (Wildman–Crippen MR) is 72.9 cm³/mol. The molecule has 3 atom stereocenters. The van der Waals surface area contributed by atoms with Gasteiger partial charge in [0.15, 0.2) is 0 Å². The van der Waals surface area contributed by atoms with Crippen LogP contribution in [-0.4, -0.2) is 51.6 Å². The molecule has 0 aromatic carbocycles. The molecule has 4 heteroatoms. The fraction of sp³-hybridized carbons (Fsp3) is 1.00. The van der Waals surface area contributed by atoms with Gasteiger partial charge in [-0.05, 0) is 38.8 Å². The van der Waals surface area contributed by atoms with Crippen molar-refractivity contribution >= 4 is 0 Å². The summed E-state index contributed by atoms with van der Waals surface area (Å²) in [6.45, 7) is 8.17. The average molecular weight is 256 g/mol. The van der Waals surface area contributed by atoms with E-state index in [2.05, 4.69) is 17.6 Å². The van der Waals surface area contributed by atoms with Crippen molar-refractivity contribution in [2.24, 2.45) is 5.92 Å². The molecule has 0 radical (unpaired) electrons. The third-order valence-corrected chi connectivity index (χ3v) is 3.93. The van der Waals surface area contributed by atoms with Gasteiger partial charge in [-0.2, -0.15) is 0 Å². The molecular weight excluding hydrogens is 228 g/mol. The first-order valence-electron chi connectivity index (χ1n) is 7.53. The van der Waals surface area contributed by atoms with E-state index in [4.69, 9.17) is 9.47 Å². The number of hydrogen-bond donors (Lipinski definition) is 2. The SMILES string of the molecule is CCCNC1COCC1CNCCC1CCCO1. The topological polar surface area (TPSA) is 42.5 Å². The van der Waals surface area contributed by atoms with Gasteiger partial charge in [-0.3, -0.25) is 0 Å². The predicted octanol–water partition coefficient (Wildman–Crippen LogP) is 1.16. The lowest BCUT2D eigenvalue weighted by molar-refractivity contribution is 0.104. The van der Waals surface area contributed by atoms with Crippen molar-refractivity contribution in [1.29, 1.82) is 0 Å². The van der Waals surface area contributed by atoms with E-state index in [1.165, 1.54) is 19.3 Å². The summed E-state index contributed by atoms with van der Waals surface area (Å²) in [7, 11) is 0. The van der Waals surface area contributed by atoms with Gasteiger partial charge in [-0.25, -0.2) is 0 Å². The fourth-order valence-electron chi connectivity index (χ4n) is 2.78. The lowest BCUT2D eigenvalue weighted by Gasteiger charge is -2.19. The number of hydrogen-bond acceptors (Lipinski definition) is 4. The van der Waals surface area contributed by atoms with Crippen LogP contribution in [0, 0.1) is 5.92 Å². The zero-order chi connectivity index (χ0) is 12.6. The van der Waals surface area contributed by atoms with Crippen LogP contribution in [0.2, 0.25) is 0 Å². The van der Waals surface area contributed by atoms with Crippen molar-refractivity contribution < 1.29 is 9.47 Å². The molecule has 0 aromatic heterocycles. The molecule has 2 saturated heterocycles. The van der Waals surface area contributed by atoms with Gasteiger partial charge < -0.3 is 20.1 Å². The quantitative estimate of drug-likeness (QED) is 0.640. The third kappa shape index (κ3) is 4.50. The lowest BCUT2D eigenvalue weighted by atomic mass is 10.0. The third-order valence-electron chi connectivity index (χ3n) is 3.93. The molecule has 0 spiro atoms. The highest BCUT2D eigenvalue weighted by molar-refractivity contribution is 4.82. The summed E-state index contributed by atoms with van der Waals surface area (Å²) in [6, 6.07) is 0.542. The minimum atomic E-state index is 0.506. The van der Waals surface area contributed by atoms with Gasteiger partial charge in [0.1, 0.15) is 0 Å². The van der Waals surface area contributed by atoms with Crippen LogP contribution in [0.15, 0.2) is 0 Å². The second-order valence-corrected chi connectivity index (χ2v) is 5.49. The first-order chi connectivity index (χ1) is 8.90. The molecule has 0 amide bonds. The Labute approximate surface area is 111 Å². The van der Waals surface area contributed by atoms with Crippen LogP contribution in [0.1, 0.15) is 32.6 Å². The number of nitrogens with one attached hydrogen (secondary N) is 2. The molecule has 0 aliphatic carbocycles. The summed E-state index contributed by atoms with van der Waals surface area (Å²) in [5, 5.41) is 7.13. The monoisotopic (exact) mass is 256 g/mol. The molecule has 2 N–H and O–H groups in total. The Bertz CT molecular complexity index is 220. The highest BCUT2D eigenvalue weighted by Gasteiger charge is 2.27. The van der Waals surface area contributed by atoms with E-state index < -0.39 is 0 Å². The van der Waals surface area contributed by atoms with E-state index in [9.17, 15) is 0 Å². The maximum absolute atomic E-state index is 5.62. The molecule has 0 saturated carbocycles. The molecule has 2 aliphatic heterocycles. The molecule has 2 aliphatic rings. The van der Waals surface area contributed by atoms with Crippen LogP contribution in [0.25, 0.3) is 0 Å². The van der Waals surface area contributed by atoms with Gasteiger partial charge in [0.05, 0.1) is 19.3 Å². The molecule has 0 bridgehead atoms. The summed E-state index contributed by atoms with van der Waals surface area (Å²) in [4.78, 5) is 0. The van der Waals surface area contributed by atoms with E-state index in [0.717, 1.165) is 45.9 Å². The molecule has 2 heterocycles. The summed E-state index contributed by atoms with van der Waals surface area (Å²) in [6.07, 6.45) is 5.33. The minimum absolute atomic E-state index is 0.506. The maximum atomic E-state index is 5.62. The Morgan fingerprint density at radius 2 is 2.17 bits per heavy atom. The van der Waals surface area contributed by atoms with Crippen LogP contribution in [0.3, 0.4) is 0 Å². The fourth-order valence-corrected chi connectivity index (χ4v) is 2.78. The highest BCUT2D eigenvalue weighted by Crippen LogP contribution is 2.15. The summed E-state index contributed by atoms with van der Waals surface area (Å²) >= 11 is 0. The van der Waals surface area contributed by atoms with Gasteiger partial charge in [-0.15, -0.1) is 0 Å². The van der Waals surface area contributed by atoms with E-state index >= 15 is 0 Å². The van der Waals surface area contributed by atoms with Crippen molar-refractivity contribution in [2.75, 3.05) is 39.5 Å². The van der Waals surface area contributed by atoms with E-state index in [1.54, 1.807) is 0 Å². The Morgan fingerprint density at radius 1 is 1.22 bits per heavy atom. The Kier molecular flexibility index (Phi) is 6.41. The highest BCUT2D eigenvalue weighted by atomic mass is 16.5. The number of rotatable bonds is 8. The molecular formula is C14H28N2O2. The van der Waals surface area contributed by atoms with Crippen LogP contribution in [-0.2, 0) is 9.47 Å². The molecule has 2 fully saturated rings. The Balaban J connectivity index is 1.54. The smallest absolute Gasteiger partial charge is 0.0623 e. The Hall–Kier alpha value is -0.160. The normalized spacial score (nSPS) is 32.2. The van der Waals surface area contributed by atoms with Crippen molar-refractivity contribution in [3.05, 3.63) is 0 Å². The summed E-state index contributed by atoms with van der Waals surface area (Å²) in [5.41, 5.74) is 0. The van der Waals surface area contributed by atoms with Crippen molar-refractivity contribution in [2.45, 2.75) is 44.8 Å².